The maximum atomic E-state index is 11.9. The Balaban J connectivity index is 2.09. The maximum absolute atomic E-state index is 11.9. The lowest BCUT2D eigenvalue weighted by Crippen LogP contribution is -2.20. The Morgan fingerprint density at radius 1 is 1.08 bits per heavy atom. The molecule has 130 valence electrons. The van der Waals surface area contributed by atoms with Gasteiger partial charge in [0.1, 0.15) is 11.4 Å². The summed E-state index contributed by atoms with van der Waals surface area (Å²) in [6.07, 6.45) is 0. The number of benzene rings is 2. The van der Waals surface area contributed by atoms with Crippen molar-refractivity contribution in [1.82, 2.24) is 0 Å². The summed E-state index contributed by atoms with van der Waals surface area (Å²) in [5.41, 5.74) is -1.26. The summed E-state index contributed by atoms with van der Waals surface area (Å²) in [6, 6.07) is 7.28. The summed E-state index contributed by atoms with van der Waals surface area (Å²) < 4.78 is 5.21. The minimum atomic E-state index is -0.834. The summed E-state index contributed by atoms with van der Waals surface area (Å²) in [7, 11) is 0. The number of hydrogen-bond donors (Lipinski definition) is 1. The number of ether oxygens (including phenoxy) is 1. The van der Waals surface area contributed by atoms with Gasteiger partial charge < -0.3 is 10.1 Å². The van der Waals surface area contributed by atoms with Crippen molar-refractivity contribution >= 4 is 46.2 Å². The van der Waals surface area contributed by atoms with Crippen molar-refractivity contribution in [3.63, 3.8) is 0 Å². The Morgan fingerprint density at radius 3 is 2.40 bits per heavy atom. The Labute approximate surface area is 150 Å². The second kappa shape index (κ2) is 7.77. The Morgan fingerprint density at radius 2 is 1.80 bits per heavy atom. The lowest BCUT2D eigenvalue weighted by atomic mass is 10.2. The van der Waals surface area contributed by atoms with Crippen molar-refractivity contribution in [3.05, 3.63) is 66.7 Å². The summed E-state index contributed by atoms with van der Waals surface area (Å²) in [5, 5.41) is 24.5. The number of hydrogen-bond acceptors (Lipinski definition) is 6. The van der Waals surface area contributed by atoms with Crippen LogP contribution in [0, 0.1) is 20.2 Å². The first-order valence-corrected chi connectivity index (χ1v) is 7.34. The molecule has 11 heteroatoms. The minimum Gasteiger partial charge on any atom is -0.482 e. The predicted molar refractivity (Wildman–Crippen MR) is 90.3 cm³/mol. The highest BCUT2D eigenvalue weighted by Gasteiger charge is 2.21. The van der Waals surface area contributed by atoms with Gasteiger partial charge in [-0.15, -0.1) is 0 Å². The minimum absolute atomic E-state index is 0.189. The third-order valence-corrected chi connectivity index (χ3v) is 3.45. The summed E-state index contributed by atoms with van der Waals surface area (Å²) in [5.74, 6) is -0.498. The van der Waals surface area contributed by atoms with Crippen LogP contribution in [0.2, 0.25) is 10.0 Å². The molecule has 0 atom stereocenters. The van der Waals surface area contributed by atoms with Crippen LogP contribution in [0.1, 0.15) is 0 Å². The number of nitrogens with one attached hydrogen (secondary N) is 1. The van der Waals surface area contributed by atoms with E-state index < -0.39 is 33.7 Å². The molecule has 1 amide bonds. The zero-order chi connectivity index (χ0) is 18.6. The maximum Gasteiger partial charge on any atom is 0.299 e. The molecule has 9 nitrogen and oxygen atoms in total. The van der Waals surface area contributed by atoms with Crippen molar-refractivity contribution < 1.29 is 19.4 Å². The van der Waals surface area contributed by atoms with E-state index in [0.717, 1.165) is 18.2 Å². The van der Waals surface area contributed by atoms with Gasteiger partial charge >= 0.3 is 0 Å². The molecule has 0 saturated carbocycles. The van der Waals surface area contributed by atoms with Crippen LogP contribution in [0.15, 0.2) is 36.4 Å². The molecule has 0 aromatic heterocycles. The van der Waals surface area contributed by atoms with Gasteiger partial charge in [0.15, 0.2) is 6.61 Å². The molecule has 0 aliphatic rings. The molecule has 2 aromatic rings. The summed E-state index contributed by atoms with van der Waals surface area (Å²) in [4.78, 5) is 32.0. The number of rotatable bonds is 6. The summed E-state index contributed by atoms with van der Waals surface area (Å²) >= 11 is 11.6. The van der Waals surface area contributed by atoms with Gasteiger partial charge in [-0.1, -0.05) is 23.2 Å². The first-order chi connectivity index (χ1) is 11.8. The Kier molecular flexibility index (Phi) is 5.73. The number of halogens is 2. The number of carbonyl (C=O) groups is 1. The normalized spacial score (nSPS) is 10.2. The second-order valence-corrected chi connectivity index (χ2v) is 5.47. The van der Waals surface area contributed by atoms with Crippen LogP contribution < -0.4 is 10.1 Å². The molecule has 0 radical (unpaired) electrons. The monoisotopic (exact) mass is 385 g/mol. The lowest BCUT2D eigenvalue weighted by molar-refractivity contribution is -0.393. The lowest BCUT2D eigenvalue weighted by Gasteiger charge is -2.09. The van der Waals surface area contributed by atoms with E-state index in [1.807, 2.05) is 0 Å². The molecular weight excluding hydrogens is 377 g/mol. The van der Waals surface area contributed by atoms with Crippen LogP contribution in [-0.2, 0) is 4.79 Å². The van der Waals surface area contributed by atoms with Gasteiger partial charge in [0.25, 0.3) is 17.3 Å². The van der Waals surface area contributed by atoms with Gasteiger partial charge in [-0.2, -0.15) is 0 Å². The highest BCUT2D eigenvalue weighted by molar-refractivity contribution is 6.35. The van der Waals surface area contributed by atoms with E-state index in [-0.39, 0.29) is 16.5 Å². The Hall–Kier alpha value is -2.91. The van der Waals surface area contributed by atoms with Crippen LogP contribution in [0.5, 0.6) is 5.75 Å². The van der Waals surface area contributed by atoms with Gasteiger partial charge in [-0.3, -0.25) is 25.0 Å². The molecule has 2 aromatic carbocycles. The predicted octanol–water partition coefficient (Wildman–Crippen LogP) is 3.83. The number of nitrogens with zero attached hydrogens (tertiary/aromatic N) is 2. The molecule has 0 bridgehead atoms. The first kappa shape index (κ1) is 18.4. The van der Waals surface area contributed by atoms with E-state index >= 15 is 0 Å². The molecule has 0 heterocycles. The van der Waals surface area contributed by atoms with Crippen molar-refractivity contribution in [3.8, 4) is 5.75 Å². The van der Waals surface area contributed by atoms with Gasteiger partial charge in [-0.25, -0.2) is 0 Å². The molecule has 0 aliphatic heterocycles. The van der Waals surface area contributed by atoms with Crippen LogP contribution in [0.3, 0.4) is 0 Å². The number of nitro benzene ring substituents is 2. The van der Waals surface area contributed by atoms with E-state index in [2.05, 4.69) is 5.32 Å². The molecule has 0 fully saturated rings. The quantitative estimate of drug-likeness (QED) is 0.594. The fourth-order valence-corrected chi connectivity index (χ4v) is 2.28. The topological polar surface area (TPSA) is 125 Å². The van der Waals surface area contributed by atoms with Gasteiger partial charge in [-0.05, 0) is 24.3 Å². The van der Waals surface area contributed by atoms with E-state index in [4.69, 9.17) is 27.9 Å². The van der Waals surface area contributed by atoms with Crippen LogP contribution in [0.4, 0.5) is 17.1 Å². The second-order valence-electron chi connectivity index (χ2n) is 4.63. The van der Waals surface area contributed by atoms with Crippen LogP contribution in [0.25, 0.3) is 0 Å². The molecule has 1 N–H and O–H groups in total. The number of carbonyl (C=O) groups excluding carboxylic acids is 1. The molecule has 0 aliphatic carbocycles. The van der Waals surface area contributed by atoms with Gasteiger partial charge in [0.05, 0.1) is 20.9 Å². The number of nitro groups is 2. The fourth-order valence-electron chi connectivity index (χ4n) is 1.81. The summed E-state index contributed by atoms with van der Waals surface area (Å²) in [6.45, 7) is -0.477. The third kappa shape index (κ3) is 4.78. The van der Waals surface area contributed by atoms with E-state index in [9.17, 15) is 25.0 Å². The van der Waals surface area contributed by atoms with E-state index in [0.29, 0.717) is 5.02 Å². The SMILES string of the molecule is O=C(COc1ccc(Cl)cc1Cl)Nc1ccc([N+](=O)[O-])cc1[N+](=O)[O-]. The zero-order valence-electron chi connectivity index (χ0n) is 12.3. The third-order valence-electron chi connectivity index (χ3n) is 2.92. The molecule has 0 saturated heterocycles. The molecule has 0 unspecified atom stereocenters. The fraction of sp³-hybridized carbons (Fsp3) is 0.0714. The number of non-ortho nitro benzene ring substituents is 1. The average Bonchev–Trinajstić information content (AvgIpc) is 2.54. The van der Waals surface area contributed by atoms with Crippen molar-refractivity contribution in [2.45, 2.75) is 0 Å². The van der Waals surface area contributed by atoms with Crippen LogP contribution in [-0.4, -0.2) is 22.4 Å². The highest BCUT2D eigenvalue weighted by Crippen LogP contribution is 2.29. The van der Waals surface area contributed by atoms with Crippen molar-refractivity contribution in [2.75, 3.05) is 11.9 Å². The largest absolute Gasteiger partial charge is 0.482 e. The van der Waals surface area contributed by atoms with Crippen molar-refractivity contribution in [1.29, 1.82) is 0 Å². The number of amides is 1. The zero-order valence-corrected chi connectivity index (χ0v) is 13.8. The first-order valence-electron chi connectivity index (χ1n) is 6.58. The van der Waals surface area contributed by atoms with E-state index in [1.165, 1.54) is 18.2 Å². The van der Waals surface area contributed by atoms with Gasteiger partial charge in [0.2, 0.25) is 0 Å². The van der Waals surface area contributed by atoms with E-state index in [1.54, 1.807) is 0 Å². The van der Waals surface area contributed by atoms with Crippen LogP contribution >= 0.6 is 23.2 Å². The molecule has 0 spiro atoms. The van der Waals surface area contributed by atoms with Crippen molar-refractivity contribution in [2.24, 2.45) is 0 Å². The molecule has 25 heavy (non-hydrogen) atoms. The smallest absolute Gasteiger partial charge is 0.299 e. The van der Waals surface area contributed by atoms with Gasteiger partial charge in [0, 0.05) is 11.1 Å². The number of anilines is 1. The molecule has 2 rings (SSSR count). The highest BCUT2D eigenvalue weighted by atomic mass is 35.5. The standard InChI is InChI=1S/C14H9Cl2N3O6/c15-8-1-4-13(10(16)5-8)25-7-14(20)17-11-3-2-9(18(21)22)6-12(11)19(23)24/h1-6H,7H2,(H,17,20). The average molecular weight is 386 g/mol. The molecular formula is C14H9Cl2N3O6. The Bertz CT molecular complexity index is 858.